The number of rotatable bonds is 5. The monoisotopic (exact) mass is 589 g/mol. The summed E-state index contributed by atoms with van der Waals surface area (Å²) in [5.74, 6) is -2.65. The Bertz CT molecular complexity index is 1610. The number of benzene rings is 2. The van der Waals surface area contributed by atoms with Gasteiger partial charge in [-0.15, -0.1) is 0 Å². The van der Waals surface area contributed by atoms with Crippen molar-refractivity contribution in [3.8, 4) is 17.0 Å². The molecule has 2 aromatic heterocycles. The Labute approximate surface area is 236 Å². The molecule has 11 nitrogen and oxygen atoms in total. The Hall–Kier alpha value is -4.79. The van der Waals surface area contributed by atoms with Crippen molar-refractivity contribution in [1.29, 1.82) is 0 Å². The maximum absolute atomic E-state index is 14.0. The number of carbonyl (C=O) groups excluding carboxylic acids is 1. The number of nitrogens with one attached hydrogen (secondary N) is 2. The first kappa shape index (κ1) is 30.2. The van der Waals surface area contributed by atoms with Crippen molar-refractivity contribution in [3.63, 3.8) is 0 Å². The number of aromatic nitrogens is 4. The van der Waals surface area contributed by atoms with Gasteiger partial charge in [0, 0.05) is 18.1 Å². The fourth-order valence-corrected chi connectivity index (χ4v) is 4.53. The standard InChI is InChI=1S/C25H23F4N7O2.C2H4O2/c1-38-19-11-13(3-5-18(19)34-24(37)14-2-4-16(17(26)10-14)25(27,28)29)21-20-22(30)32-12-33-23(20)36(35-21)15-6-8-31-9-7-15;1-2(3)4/h2-5,10-12,15,31H,6-9H2,1H3,(H,34,37)(H2,30,32,33);1H3,(H,3,4). The average molecular weight is 590 g/mol. The molecule has 0 bridgehead atoms. The summed E-state index contributed by atoms with van der Waals surface area (Å²) in [6.07, 6.45) is -1.72. The van der Waals surface area contributed by atoms with Crippen LogP contribution < -0.4 is 21.1 Å². The fraction of sp³-hybridized carbons (Fsp3) is 0.296. The molecule has 0 saturated carbocycles. The van der Waals surface area contributed by atoms with Crippen molar-refractivity contribution in [2.45, 2.75) is 32.0 Å². The molecule has 2 aromatic carbocycles. The SMILES string of the molecule is CC(=O)O.COc1cc(-c2nn(C3CCNCC3)c3ncnc(N)c23)ccc1NC(=O)c1ccc(C(F)(F)F)c(F)c1. The molecule has 1 fully saturated rings. The topological polar surface area (TPSA) is 157 Å². The van der Waals surface area contributed by atoms with Crippen LogP contribution in [0.3, 0.4) is 0 Å². The number of nitrogens with two attached hydrogens (primary N) is 1. The van der Waals surface area contributed by atoms with Crippen molar-refractivity contribution >= 4 is 34.4 Å². The number of methoxy groups -OCH3 is 1. The van der Waals surface area contributed by atoms with Crippen LogP contribution in [0.1, 0.15) is 41.7 Å². The second-order valence-electron chi connectivity index (χ2n) is 9.31. The average Bonchev–Trinajstić information content (AvgIpc) is 3.34. The van der Waals surface area contributed by atoms with E-state index in [0.717, 1.165) is 38.9 Å². The van der Waals surface area contributed by atoms with Gasteiger partial charge in [-0.2, -0.15) is 18.3 Å². The molecule has 0 radical (unpaired) electrons. The van der Waals surface area contributed by atoms with Gasteiger partial charge in [0.2, 0.25) is 0 Å². The minimum Gasteiger partial charge on any atom is -0.495 e. The van der Waals surface area contributed by atoms with Crippen molar-refractivity contribution in [2.24, 2.45) is 0 Å². The second kappa shape index (κ2) is 12.4. The molecule has 5 N–H and O–H groups in total. The van der Waals surface area contributed by atoms with Crippen LogP contribution in [-0.4, -0.2) is 56.9 Å². The van der Waals surface area contributed by atoms with Gasteiger partial charge in [0.15, 0.2) is 5.65 Å². The van der Waals surface area contributed by atoms with Gasteiger partial charge in [0.1, 0.15) is 29.4 Å². The van der Waals surface area contributed by atoms with Crippen LogP contribution in [0.25, 0.3) is 22.3 Å². The van der Waals surface area contributed by atoms with E-state index >= 15 is 0 Å². The summed E-state index contributed by atoms with van der Waals surface area (Å²) in [7, 11) is 1.40. The molecule has 0 aliphatic carbocycles. The van der Waals surface area contributed by atoms with Gasteiger partial charge < -0.3 is 26.2 Å². The number of hydrogen-bond donors (Lipinski definition) is 4. The summed E-state index contributed by atoms with van der Waals surface area (Å²) < 4.78 is 59.8. The molecule has 1 saturated heterocycles. The molecule has 4 aromatic rings. The molecule has 0 unspecified atom stereocenters. The smallest absolute Gasteiger partial charge is 0.419 e. The van der Waals surface area contributed by atoms with E-state index in [1.54, 1.807) is 18.2 Å². The Balaban J connectivity index is 0.000000952. The van der Waals surface area contributed by atoms with Crippen molar-refractivity contribution < 1.29 is 37.0 Å². The molecule has 15 heteroatoms. The number of carbonyl (C=O) groups is 2. The highest BCUT2D eigenvalue weighted by Crippen LogP contribution is 2.37. The van der Waals surface area contributed by atoms with Crippen molar-refractivity contribution in [1.82, 2.24) is 25.1 Å². The number of ether oxygens (including phenoxy) is 1. The lowest BCUT2D eigenvalue weighted by Gasteiger charge is -2.23. The molecule has 1 amide bonds. The number of aliphatic carboxylic acids is 1. The summed E-state index contributed by atoms with van der Waals surface area (Å²) in [4.78, 5) is 30.2. The maximum Gasteiger partial charge on any atom is 0.419 e. The second-order valence-corrected chi connectivity index (χ2v) is 9.31. The molecule has 42 heavy (non-hydrogen) atoms. The van der Waals surface area contributed by atoms with E-state index in [9.17, 15) is 22.4 Å². The van der Waals surface area contributed by atoms with E-state index in [1.807, 2.05) is 4.68 Å². The van der Waals surface area contributed by atoms with Crippen molar-refractivity contribution in [2.75, 3.05) is 31.2 Å². The Morgan fingerprint density at radius 1 is 1.14 bits per heavy atom. The number of nitrogen functional groups attached to an aromatic ring is 1. The highest BCUT2D eigenvalue weighted by Gasteiger charge is 2.34. The van der Waals surface area contributed by atoms with Crippen LogP contribution in [-0.2, 0) is 11.0 Å². The first-order chi connectivity index (χ1) is 19.9. The summed E-state index contributed by atoms with van der Waals surface area (Å²) in [6, 6.07) is 7.00. The van der Waals surface area contributed by atoms with E-state index in [1.165, 1.54) is 13.4 Å². The van der Waals surface area contributed by atoms with Crippen LogP contribution >= 0.6 is 0 Å². The van der Waals surface area contributed by atoms with Crippen molar-refractivity contribution in [3.05, 3.63) is 59.7 Å². The zero-order valence-corrected chi connectivity index (χ0v) is 22.5. The lowest BCUT2D eigenvalue weighted by molar-refractivity contribution is -0.140. The minimum atomic E-state index is -4.86. The van der Waals surface area contributed by atoms with Gasteiger partial charge in [-0.25, -0.2) is 19.0 Å². The molecule has 1 aliphatic rings. The number of nitrogens with zero attached hydrogens (tertiary/aromatic N) is 4. The molecule has 222 valence electrons. The van der Waals surface area contributed by atoms with Gasteiger partial charge in [-0.3, -0.25) is 9.59 Å². The number of hydrogen-bond acceptors (Lipinski definition) is 8. The first-order valence-corrected chi connectivity index (χ1v) is 12.7. The third-order valence-corrected chi connectivity index (χ3v) is 6.43. The molecular formula is C27H27F4N7O4. The summed E-state index contributed by atoms with van der Waals surface area (Å²) in [5, 5.41) is 18.7. The van der Waals surface area contributed by atoms with Gasteiger partial charge in [0.25, 0.3) is 11.9 Å². The number of alkyl halides is 3. The number of carboxylic acid groups (broad SMARTS) is 1. The van der Waals surface area contributed by atoms with E-state index in [0.29, 0.717) is 34.4 Å². The van der Waals surface area contributed by atoms with Crippen LogP contribution in [0.4, 0.5) is 29.1 Å². The Kier molecular flexibility index (Phi) is 8.90. The van der Waals surface area contributed by atoms with Crippen LogP contribution in [0, 0.1) is 5.82 Å². The molecule has 3 heterocycles. The highest BCUT2D eigenvalue weighted by atomic mass is 19.4. The van der Waals surface area contributed by atoms with Gasteiger partial charge in [-0.1, -0.05) is 6.07 Å². The summed E-state index contributed by atoms with van der Waals surface area (Å²) >= 11 is 0. The molecule has 5 rings (SSSR count). The Morgan fingerprint density at radius 3 is 2.45 bits per heavy atom. The lowest BCUT2D eigenvalue weighted by Crippen LogP contribution is -2.30. The normalized spacial score (nSPS) is 13.8. The number of carboxylic acids is 1. The largest absolute Gasteiger partial charge is 0.495 e. The highest BCUT2D eigenvalue weighted by molar-refractivity contribution is 6.05. The lowest BCUT2D eigenvalue weighted by atomic mass is 10.1. The predicted molar refractivity (Wildman–Crippen MR) is 146 cm³/mol. The summed E-state index contributed by atoms with van der Waals surface area (Å²) in [6.45, 7) is 2.79. The van der Waals surface area contributed by atoms with E-state index in [2.05, 4.69) is 20.6 Å². The minimum absolute atomic E-state index is 0.131. The number of halogens is 4. The zero-order valence-electron chi connectivity index (χ0n) is 22.5. The molecular weight excluding hydrogens is 562 g/mol. The van der Waals surface area contributed by atoms with Crippen LogP contribution in [0.2, 0.25) is 0 Å². The van der Waals surface area contributed by atoms with Crippen LogP contribution in [0.15, 0.2) is 42.7 Å². The fourth-order valence-electron chi connectivity index (χ4n) is 4.53. The van der Waals surface area contributed by atoms with E-state index < -0.39 is 29.4 Å². The zero-order chi connectivity index (χ0) is 30.6. The third kappa shape index (κ3) is 6.57. The first-order valence-electron chi connectivity index (χ1n) is 12.7. The number of anilines is 2. The van der Waals surface area contributed by atoms with Crippen LogP contribution in [0.5, 0.6) is 5.75 Å². The number of amides is 1. The van der Waals surface area contributed by atoms with Gasteiger partial charge >= 0.3 is 6.18 Å². The number of fused-ring (bicyclic) bond motifs is 1. The quantitative estimate of drug-likeness (QED) is 0.246. The molecule has 0 spiro atoms. The molecule has 0 atom stereocenters. The van der Waals surface area contributed by atoms with E-state index in [-0.39, 0.29) is 28.9 Å². The maximum atomic E-state index is 14.0. The summed E-state index contributed by atoms with van der Waals surface area (Å²) in [5.41, 5.74) is 6.49. The predicted octanol–water partition coefficient (Wildman–Crippen LogP) is 4.51. The molecule has 1 aliphatic heterocycles. The Morgan fingerprint density at radius 2 is 1.83 bits per heavy atom. The van der Waals surface area contributed by atoms with E-state index in [4.69, 9.17) is 25.5 Å². The van der Waals surface area contributed by atoms with Gasteiger partial charge in [-0.05, 0) is 56.3 Å². The van der Waals surface area contributed by atoms with Gasteiger partial charge in [0.05, 0.1) is 29.8 Å². The number of piperidine rings is 1. The third-order valence-electron chi connectivity index (χ3n) is 6.43.